The molecule has 0 bridgehead atoms. The highest BCUT2D eigenvalue weighted by molar-refractivity contribution is 5.81. The smallest absolute Gasteiger partial charge is 0.398 e. The number of nitrogens with zero attached hydrogens (tertiary/aromatic N) is 1. The second kappa shape index (κ2) is 5.81. The molecule has 19 heavy (non-hydrogen) atoms. The first kappa shape index (κ1) is 15.1. The molecule has 0 heterocycles. The molecule has 0 aliphatic heterocycles. The molecule has 106 valence electrons. The van der Waals surface area contributed by atoms with Crippen molar-refractivity contribution >= 4 is 17.3 Å². The second-order valence-corrected chi connectivity index (χ2v) is 4.08. The van der Waals surface area contributed by atoms with E-state index in [4.69, 9.17) is 5.73 Å². The zero-order chi connectivity index (χ0) is 14.6. The van der Waals surface area contributed by atoms with Gasteiger partial charge in [-0.25, -0.2) is 0 Å². The van der Waals surface area contributed by atoms with Crippen molar-refractivity contribution in [1.82, 2.24) is 5.32 Å². The lowest BCUT2D eigenvalue weighted by Gasteiger charge is -2.20. The number of carbonyl (C=O) groups excluding carboxylic acids is 1. The maximum atomic E-state index is 12.7. The highest BCUT2D eigenvalue weighted by Gasteiger charge is 2.33. The van der Waals surface area contributed by atoms with Crippen molar-refractivity contribution in [2.45, 2.75) is 13.1 Å². The molecular formula is C12H16F3N3O. The fourth-order valence-corrected chi connectivity index (χ4v) is 1.59. The Kier molecular flexibility index (Phi) is 4.63. The minimum absolute atomic E-state index is 0.0188. The lowest BCUT2D eigenvalue weighted by atomic mass is 10.1. The van der Waals surface area contributed by atoms with Gasteiger partial charge < -0.3 is 16.0 Å². The first-order valence-electron chi connectivity index (χ1n) is 5.70. The number of benzene rings is 1. The van der Waals surface area contributed by atoms with Gasteiger partial charge >= 0.3 is 6.18 Å². The third-order valence-corrected chi connectivity index (χ3v) is 2.54. The molecular weight excluding hydrogens is 259 g/mol. The summed E-state index contributed by atoms with van der Waals surface area (Å²) in [6.07, 6.45) is -4.51. The van der Waals surface area contributed by atoms with Crippen LogP contribution in [0.4, 0.5) is 24.5 Å². The van der Waals surface area contributed by atoms with E-state index in [-0.39, 0.29) is 23.8 Å². The summed E-state index contributed by atoms with van der Waals surface area (Å²) in [6, 6.07) is 3.57. The number of rotatable bonds is 4. The number of nitrogens with one attached hydrogen (secondary N) is 1. The van der Waals surface area contributed by atoms with Crippen molar-refractivity contribution in [2.24, 2.45) is 0 Å². The summed E-state index contributed by atoms with van der Waals surface area (Å²) in [4.78, 5) is 12.8. The van der Waals surface area contributed by atoms with Crippen LogP contribution < -0.4 is 16.0 Å². The predicted octanol–water partition coefficient (Wildman–Crippen LogP) is 1.86. The molecule has 0 aromatic heterocycles. The number of nitrogens with two attached hydrogens (primary N) is 1. The third-order valence-electron chi connectivity index (χ3n) is 2.54. The molecule has 4 nitrogen and oxygen atoms in total. The van der Waals surface area contributed by atoms with E-state index in [1.165, 1.54) is 17.0 Å². The first-order valence-corrected chi connectivity index (χ1v) is 5.70. The number of halogens is 3. The maximum absolute atomic E-state index is 12.7. The Morgan fingerprint density at radius 2 is 2.05 bits per heavy atom. The number of amides is 1. The topological polar surface area (TPSA) is 58.4 Å². The van der Waals surface area contributed by atoms with Gasteiger partial charge in [0.2, 0.25) is 5.91 Å². The Labute approximate surface area is 109 Å². The van der Waals surface area contributed by atoms with E-state index in [1.807, 2.05) is 0 Å². The van der Waals surface area contributed by atoms with Crippen LogP contribution in [0.15, 0.2) is 18.2 Å². The summed E-state index contributed by atoms with van der Waals surface area (Å²) in [5, 5.41) is 2.57. The van der Waals surface area contributed by atoms with Gasteiger partial charge in [0.15, 0.2) is 0 Å². The van der Waals surface area contributed by atoms with E-state index in [2.05, 4.69) is 5.32 Å². The number of anilines is 2. The Morgan fingerprint density at radius 3 is 2.58 bits per heavy atom. The quantitative estimate of drug-likeness (QED) is 0.825. The predicted molar refractivity (Wildman–Crippen MR) is 67.8 cm³/mol. The van der Waals surface area contributed by atoms with Crippen LogP contribution in [-0.2, 0) is 11.0 Å². The van der Waals surface area contributed by atoms with Gasteiger partial charge in [-0.1, -0.05) is 0 Å². The summed E-state index contributed by atoms with van der Waals surface area (Å²) in [5.41, 5.74) is 4.37. The number of carbonyl (C=O) groups is 1. The zero-order valence-corrected chi connectivity index (χ0v) is 10.7. The highest BCUT2D eigenvalue weighted by Crippen LogP contribution is 2.35. The molecule has 0 spiro atoms. The lowest BCUT2D eigenvalue weighted by Crippen LogP contribution is -2.35. The minimum atomic E-state index is -4.51. The molecule has 3 N–H and O–H groups in total. The van der Waals surface area contributed by atoms with Gasteiger partial charge in [0.25, 0.3) is 0 Å². The van der Waals surface area contributed by atoms with E-state index < -0.39 is 11.7 Å². The van der Waals surface area contributed by atoms with Gasteiger partial charge in [-0.15, -0.1) is 0 Å². The molecule has 0 saturated heterocycles. The monoisotopic (exact) mass is 275 g/mol. The molecule has 0 unspecified atom stereocenters. The molecule has 0 aliphatic rings. The molecule has 0 saturated carbocycles. The van der Waals surface area contributed by atoms with Crippen LogP contribution in [0.25, 0.3) is 0 Å². The highest BCUT2D eigenvalue weighted by atomic mass is 19.4. The van der Waals surface area contributed by atoms with E-state index in [0.29, 0.717) is 6.54 Å². The summed E-state index contributed by atoms with van der Waals surface area (Å²) < 4.78 is 38.1. The molecule has 0 radical (unpaired) electrons. The Balaban J connectivity index is 2.93. The molecule has 0 fully saturated rings. The van der Waals surface area contributed by atoms with Crippen molar-refractivity contribution in [1.29, 1.82) is 0 Å². The van der Waals surface area contributed by atoms with Gasteiger partial charge in [0.05, 0.1) is 12.1 Å². The van der Waals surface area contributed by atoms with Crippen LogP contribution in [0, 0.1) is 0 Å². The maximum Gasteiger partial charge on any atom is 0.418 e. The molecule has 1 rings (SSSR count). The van der Waals surface area contributed by atoms with Crippen molar-refractivity contribution in [2.75, 3.05) is 30.8 Å². The number of alkyl halides is 3. The molecule has 1 aromatic rings. The molecule has 0 atom stereocenters. The van der Waals surface area contributed by atoms with Crippen molar-refractivity contribution < 1.29 is 18.0 Å². The summed E-state index contributed by atoms with van der Waals surface area (Å²) in [7, 11) is 1.54. The lowest BCUT2D eigenvalue weighted by molar-refractivity contribution is -0.136. The van der Waals surface area contributed by atoms with Gasteiger partial charge in [-0.3, -0.25) is 4.79 Å². The van der Waals surface area contributed by atoms with Crippen LogP contribution >= 0.6 is 0 Å². The summed E-state index contributed by atoms with van der Waals surface area (Å²) in [6.45, 7) is 2.22. The zero-order valence-electron chi connectivity index (χ0n) is 10.7. The van der Waals surface area contributed by atoms with Gasteiger partial charge in [-0.2, -0.15) is 13.2 Å². The average molecular weight is 275 g/mol. The molecule has 1 aromatic carbocycles. The standard InChI is InChI=1S/C12H16F3N3O/c1-3-17-11(19)7-18(2)8-4-5-10(16)9(6-8)12(13,14)15/h4-6H,3,7,16H2,1-2H3,(H,17,19). The summed E-state index contributed by atoms with van der Waals surface area (Å²) >= 11 is 0. The first-order chi connectivity index (χ1) is 8.75. The van der Waals surface area contributed by atoms with Crippen LogP contribution in [0.1, 0.15) is 12.5 Å². The number of likely N-dealkylation sites (N-methyl/N-ethyl adjacent to an activating group) is 2. The Bertz CT molecular complexity index is 460. The van der Waals surface area contributed by atoms with E-state index in [0.717, 1.165) is 6.07 Å². The number of nitrogen functional groups attached to an aromatic ring is 1. The second-order valence-electron chi connectivity index (χ2n) is 4.08. The molecule has 1 amide bonds. The summed E-state index contributed by atoms with van der Waals surface area (Å²) in [5.74, 6) is -0.254. The van der Waals surface area contributed by atoms with E-state index in [1.54, 1.807) is 14.0 Å². The van der Waals surface area contributed by atoms with Crippen LogP contribution in [0.5, 0.6) is 0 Å². The van der Waals surface area contributed by atoms with Crippen LogP contribution in [0.2, 0.25) is 0 Å². The van der Waals surface area contributed by atoms with Gasteiger partial charge in [0, 0.05) is 25.0 Å². The van der Waals surface area contributed by atoms with E-state index >= 15 is 0 Å². The fourth-order valence-electron chi connectivity index (χ4n) is 1.59. The average Bonchev–Trinajstić information content (AvgIpc) is 2.27. The number of hydrogen-bond donors (Lipinski definition) is 2. The van der Waals surface area contributed by atoms with Crippen molar-refractivity contribution in [3.63, 3.8) is 0 Å². The minimum Gasteiger partial charge on any atom is -0.398 e. The normalized spacial score (nSPS) is 11.2. The van der Waals surface area contributed by atoms with Gasteiger partial charge in [0.1, 0.15) is 0 Å². The van der Waals surface area contributed by atoms with E-state index in [9.17, 15) is 18.0 Å². The van der Waals surface area contributed by atoms with Crippen LogP contribution in [-0.4, -0.2) is 26.0 Å². The molecule has 0 aliphatic carbocycles. The largest absolute Gasteiger partial charge is 0.418 e. The number of hydrogen-bond acceptors (Lipinski definition) is 3. The SMILES string of the molecule is CCNC(=O)CN(C)c1ccc(N)c(C(F)(F)F)c1. The van der Waals surface area contributed by atoms with Crippen molar-refractivity contribution in [3.05, 3.63) is 23.8 Å². The fraction of sp³-hybridized carbons (Fsp3) is 0.417. The van der Waals surface area contributed by atoms with Gasteiger partial charge in [-0.05, 0) is 25.1 Å². The van der Waals surface area contributed by atoms with Crippen molar-refractivity contribution in [3.8, 4) is 0 Å². The Hall–Kier alpha value is -1.92. The molecule has 7 heteroatoms. The van der Waals surface area contributed by atoms with Crippen LogP contribution in [0.3, 0.4) is 0 Å². The Morgan fingerprint density at radius 1 is 1.42 bits per heavy atom. The third kappa shape index (κ3) is 4.04.